The van der Waals surface area contributed by atoms with Gasteiger partial charge in [-0.05, 0) is 60.4 Å². The Balaban J connectivity index is 1.64. The molecule has 1 N–H and O–H groups in total. The Hall–Kier alpha value is -3.19. The monoisotopic (exact) mass is 424 g/mol. The molecule has 1 aliphatic heterocycles. The van der Waals surface area contributed by atoms with Crippen molar-refractivity contribution < 1.29 is 17.6 Å². The highest BCUT2D eigenvalue weighted by Gasteiger charge is 2.33. The molecule has 0 unspecified atom stereocenters. The number of halogens is 1. The third kappa shape index (κ3) is 3.68. The van der Waals surface area contributed by atoms with Gasteiger partial charge in [0.25, 0.3) is 15.9 Å². The molecule has 4 rings (SSSR count). The Bertz CT molecular complexity index is 1210. The first-order chi connectivity index (χ1) is 14.4. The van der Waals surface area contributed by atoms with E-state index in [4.69, 9.17) is 0 Å². The van der Waals surface area contributed by atoms with E-state index in [-0.39, 0.29) is 12.1 Å². The largest absolute Gasteiger partial charge is 0.322 e. The number of anilines is 2. The van der Waals surface area contributed by atoms with E-state index in [9.17, 15) is 17.6 Å². The van der Waals surface area contributed by atoms with Crippen LogP contribution in [0.15, 0.2) is 71.6 Å². The second-order valence-electron chi connectivity index (χ2n) is 7.11. The first kappa shape index (κ1) is 20.1. The van der Waals surface area contributed by atoms with Crippen LogP contribution in [0.5, 0.6) is 0 Å². The average molecular weight is 424 g/mol. The summed E-state index contributed by atoms with van der Waals surface area (Å²) >= 11 is 0. The molecule has 5 nitrogen and oxygen atoms in total. The van der Waals surface area contributed by atoms with Gasteiger partial charge >= 0.3 is 0 Å². The van der Waals surface area contributed by atoms with Gasteiger partial charge in [0.1, 0.15) is 10.7 Å². The summed E-state index contributed by atoms with van der Waals surface area (Å²) in [6, 6.07) is 17.9. The van der Waals surface area contributed by atoms with Crippen molar-refractivity contribution in [1.29, 1.82) is 0 Å². The van der Waals surface area contributed by atoms with Crippen LogP contribution < -0.4 is 9.62 Å². The second kappa shape index (κ2) is 7.91. The first-order valence-corrected chi connectivity index (χ1v) is 11.1. The van der Waals surface area contributed by atoms with Crippen LogP contribution >= 0.6 is 0 Å². The minimum Gasteiger partial charge on any atom is -0.322 e. The minimum atomic E-state index is -4.14. The highest BCUT2D eigenvalue weighted by Crippen LogP contribution is 2.33. The molecule has 1 amide bonds. The number of amides is 1. The highest BCUT2D eigenvalue weighted by atomic mass is 32.2. The van der Waals surface area contributed by atoms with Crippen molar-refractivity contribution >= 4 is 27.3 Å². The maximum atomic E-state index is 14.5. The maximum Gasteiger partial charge on any atom is 0.267 e. The molecule has 0 fully saturated rings. The summed E-state index contributed by atoms with van der Waals surface area (Å²) in [6.07, 6.45) is 1.44. The van der Waals surface area contributed by atoms with Crippen molar-refractivity contribution in [2.24, 2.45) is 0 Å². The zero-order valence-corrected chi connectivity index (χ0v) is 17.2. The summed E-state index contributed by atoms with van der Waals surface area (Å²) in [5.74, 6) is -1.39. The topological polar surface area (TPSA) is 66.5 Å². The van der Waals surface area contributed by atoms with Crippen LogP contribution in [0.2, 0.25) is 0 Å². The number of aryl methyl sites for hydroxylation is 1. The molecule has 0 saturated heterocycles. The molecule has 1 heterocycles. The summed E-state index contributed by atoms with van der Waals surface area (Å²) in [4.78, 5) is 12.1. The van der Waals surface area contributed by atoms with Crippen LogP contribution in [0.1, 0.15) is 28.4 Å². The van der Waals surface area contributed by atoms with Crippen molar-refractivity contribution in [2.45, 2.75) is 24.7 Å². The fraction of sp³-hybridized carbons (Fsp3) is 0.174. The third-order valence-electron chi connectivity index (χ3n) is 5.23. The van der Waals surface area contributed by atoms with E-state index in [0.717, 1.165) is 29.7 Å². The van der Waals surface area contributed by atoms with Gasteiger partial charge in [0.05, 0.1) is 5.69 Å². The lowest BCUT2D eigenvalue weighted by Gasteiger charge is -2.20. The van der Waals surface area contributed by atoms with Crippen molar-refractivity contribution in [1.82, 2.24) is 0 Å². The molecule has 1 aliphatic rings. The average Bonchev–Trinajstić information content (AvgIpc) is 3.19. The standard InChI is InChI=1S/C23H21FN2O3S/c1-2-16-7-10-19(11-8-16)25-23(27)18-9-12-20(24)22(15-18)30(28,29)26-14-13-17-5-3-4-6-21(17)26/h3-12,15H,2,13-14H2,1H3,(H,25,27). The number of para-hydroxylation sites is 1. The smallest absolute Gasteiger partial charge is 0.267 e. The fourth-order valence-electron chi connectivity index (χ4n) is 3.55. The maximum absolute atomic E-state index is 14.5. The number of carbonyl (C=O) groups is 1. The molecule has 0 saturated carbocycles. The van der Waals surface area contributed by atoms with Gasteiger partial charge in [0.15, 0.2) is 0 Å². The van der Waals surface area contributed by atoms with Gasteiger partial charge in [-0.3, -0.25) is 9.10 Å². The number of nitrogens with zero attached hydrogens (tertiary/aromatic N) is 1. The van der Waals surface area contributed by atoms with Gasteiger partial charge in [-0.15, -0.1) is 0 Å². The van der Waals surface area contributed by atoms with Gasteiger partial charge < -0.3 is 5.32 Å². The molecule has 0 aliphatic carbocycles. The number of sulfonamides is 1. The molecule has 30 heavy (non-hydrogen) atoms. The van der Waals surface area contributed by atoms with Crippen molar-refractivity contribution in [2.75, 3.05) is 16.2 Å². The van der Waals surface area contributed by atoms with Gasteiger partial charge in [0.2, 0.25) is 0 Å². The molecule has 0 radical (unpaired) electrons. The molecule has 0 aromatic heterocycles. The fourth-order valence-corrected chi connectivity index (χ4v) is 5.14. The number of hydrogen-bond acceptors (Lipinski definition) is 3. The molecule has 3 aromatic rings. The van der Waals surface area contributed by atoms with E-state index in [0.29, 0.717) is 17.8 Å². The van der Waals surface area contributed by atoms with E-state index < -0.39 is 26.6 Å². The quantitative estimate of drug-likeness (QED) is 0.661. The summed E-state index contributed by atoms with van der Waals surface area (Å²) < 4.78 is 42.1. The SMILES string of the molecule is CCc1ccc(NC(=O)c2ccc(F)c(S(=O)(=O)N3CCc4ccccc43)c2)cc1. The van der Waals surface area contributed by atoms with Crippen LogP contribution in [-0.2, 0) is 22.9 Å². The number of fused-ring (bicyclic) bond motifs is 1. The van der Waals surface area contributed by atoms with E-state index >= 15 is 0 Å². The number of hydrogen-bond donors (Lipinski definition) is 1. The number of benzene rings is 3. The van der Waals surface area contributed by atoms with Gasteiger partial charge in [-0.1, -0.05) is 37.3 Å². The van der Waals surface area contributed by atoms with Crippen LogP contribution in [0.3, 0.4) is 0 Å². The molecular formula is C23H21FN2O3S. The Labute approximate surface area is 175 Å². The second-order valence-corrected chi connectivity index (χ2v) is 8.94. The summed E-state index contributed by atoms with van der Waals surface area (Å²) in [6.45, 7) is 2.27. The Morgan fingerprint density at radius 2 is 1.80 bits per heavy atom. The Kier molecular flexibility index (Phi) is 5.30. The first-order valence-electron chi connectivity index (χ1n) is 9.70. The lowest BCUT2D eigenvalue weighted by Crippen LogP contribution is -2.30. The third-order valence-corrected chi connectivity index (χ3v) is 7.05. The van der Waals surface area contributed by atoms with Crippen molar-refractivity contribution in [3.05, 3.63) is 89.2 Å². The van der Waals surface area contributed by atoms with Crippen LogP contribution in [0, 0.1) is 5.82 Å². The summed E-state index contributed by atoms with van der Waals surface area (Å²) in [5, 5.41) is 2.72. The lowest BCUT2D eigenvalue weighted by atomic mass is 10.1. The van der Waals surface area contributed by atoms with Crippen molar-refractivity contribution in [3.63, 3.8) is 0 Å². The molecule has 7 heteroatoms. The molecule has 0 spiro atoms. The Morgan fingerprint density at radius 3 is 2.53 bits per heavy atom. The predicted octanol–water partition coefficient (Wildman–Crippen LogP) is 4.39. The molecule has 0 bridgehead atoms. The molecule has 0 atom stereocenters. The Morgan fingerprint density at radius 1 is 1.07 bits per heavy atom. The van der Waals surface area contributed by atoms with Gasteiger partial charge in [0, 0.05) is 17.8 Å². The zero-order valence-electron chi connectivity index (χ0n) is 16.4. The van der Waals surface area contributed by atoms with Gasteiger partial charge in [-0.2, -0.15) is 0 Å². The number of carbonyl (C=O) groups excluding carboxylic acids is 1. The van der Waals surface area contributed by atoms with Gasteiger partial charge in [-0.25, -0.2) is 12.8 Å². The summed E-state index contributed by atoms with van der Waals surface area (Å²) in [5.41, 5.74) is 3.23. The van der Waals surface area contributed by atoms with Crippen LogP contribution in [-0.4, -0.2) is 20.9 Å². The molecule has 3 aromatic carbocycles. The summed E-state index contributed by atoms with van der Waals surface area (Å²) in [7, 11) is -4.14. The normalized spacial score (nSPS) is 13.2. The molecular weight excluding hydrogens is 403 g/mol. The number of rotatable bonds is 5. The highest BCUT2D eigenvalue weighted by molar-refractivity contribution is 7.92. The van der Waals surface area contributed by atoms with E-state index in [1.54, 1.807) is 24.3 Å². The number of nitrogens with one attached hydrogen (secondary N) is 1. The minimum absolute atomic E-state index is 0.0713. The van der Waals surface area contributed by atoms with E-state index in [1.807, 2.05) is 31.2 Å². The lowest BCUT2D eigenvalue weighted by molar-refractivity contribution is 0.102. The van der Waals surface area contributed by atoms with E-state index in [1.165, 1.54) is 10.4 Å². The zero-order chi connectivity index (χ0) is 21.3. The van der Waals surface area contributed by atoms with Crippen LogP contribution in [0.4, 0.5) is 15.8 Å². The van der Waals surface area contributed by atoms with Crippen molar-refractivity contribution in [3.8, 4) is 0 Å². The van der Waals surface area contributed by atoms with E-state index in [2.05, 4.69) is 5.32 Å². The van der Waals surface area contributed by atoms with Crippen LogP contribution in [0.25, 0.3) is 0 Å². The predicted molar refractivity (Wildman–Crippen MR) is 115 cm³/mol. The molecule has 154 valence electrons.